The first-order valence-electron chi connectivity index (χ1n) is 17.8. The van der Waals surface area contributed by atoms with E-state index >= 15 is 0 Å². The van der Waals surface area contributed by atoms with Crippen LogP contribution in [0.1, 0.15) is 116 Å². The molecule has 3 aliphatic rings. The Labute approximate surface area is 306 Å². The zero-order chi connectivity index (χ0) is 32.4. The predicted octanol–water partition coefficient (Wildman–Crippen LogP) is 7.41. The molecule has 0 aromatic heterocycles. The Morgan fingerprint density at radius 1 is 0.542 bits per heavy atom. The molecule has 0 saturated carbocycles. The molecule has 0 nitrogen and oxygen atoms in total. The Kier molecular flexibility index (Phi) is 10.6. The van der Waals surface area contributed by atoms with E-state index in [9.17, 15) is 0 Å². The monoisotopic (exact) mass is 710 g/mol. The summed E-state index contributed by atoms with van der Waals surface area (Å²) in [7, 11) is 0. The molecule has 0 amide bonds. The molecule has 1 saturated heterocycles. The van der Waals surface area contributed by atoms with Crippen LogP contribution in [0.3, 0.4) is 0 Å². The molecule has 4 aromatic carbocycles. The summed E-state index contributed by atoms with van der Waals surface area (Å²) < 4.78 is 4.28. The number of fused-ring (bicyclic) bond motifs is 2. The molecular formula is C45H52Cl2Ti. The van der Waals surface area contributed by atoms with Gasteiger partial charge in [-0.1, -0.05) is 0 Å². The van der Waals surface area contributed by atoms with Crippen molar-refractivity contribution in [2.24, 2.45) is 0 Å². The zero-order valence-electron chi connectivity index (χ0n) is 30.2. The van der Waals surface area contributed by atoms with Crippen LogP contribution in [0.5, 0.6) is 0 Å². The van der Waals surface area contributed by atoms with E-state index in [2.05, 4.69) is 152 Å². The van der Waals surface area contributed by atoms with Crippen LogP contribution in [0.4, 0.5) is 0 Å². The van der Waals surface area contributed by atoms with Gasteiger partial charge < -0.3 is 24.8 Å². The molecule has 2 unspecified atom stereocenters. The van der Waals surface area contributed by atoms with Crippen molar-refractivity contribution in [2.45, 2.75) is 103 Å². The second-order valence-electron chi connectivity index (χ2n) is 16.4. The van der Waals surface area contributed by atoms with Gasteiger partial charge in [0.05, 0.1) is 0 Å². The first-order valence-corrected chi connectivity index (χ1v) is 21.9. The van der Waals surface area contributed by atoms with Crippen LogP contribution in [0.15, 0.2) is 96.1 Å². The first-order chi connectivity index (χ1) is 22.0. The first kappa shape index (κ1) is 36.9. The Bertz CT molecular complexity index is 1710. The second-order valence-corrected chi connectivity index (χ2v) is 23.6. The largest absolute Gasteiger partial charge is 1.00 e. The second kappa shape index (κ2) is 13.8. The van der Waals surface area contributed by atoms with Crippen LogP contribution in [-0.4, -0.2) is 0 Å². The number of hydrogen-bond acceptors (Lipinski definition) is 0. The van der Waals surface area contributed by atoms with Crippen LogP contribution in [0, 0.1) is 0 Å². The summed E-state index contributed by atoms with van der Waals surface area (Å²) in [6.07, 6.45) is 8.99. The van der Waals surface area contributed by atoms with Gasteiger partial charge in [0.15, 0.2) is 0 Å². The standard InChI is InChI=1S/2C21H23.C3H6.2ClH.Ti/c2*1-5-15-13-17-7-6-8-19(20(17)14-15)16-9-11-18(12-10-16)21(2,3)4;1-3-2;;;/h2*6-14H,5H2,1-4H3;1-3H2;2*1H;/q;;;;;+2/p-2. The number of halogens is 2. The molecule has 0 N–H and O–H groups in total. The molecule has 7 rings (SSSR count). The molecule has 4 aromatic rings. The van der Waals surface area contributed by atoms with Crippen LogP contribution >= 0.6 is 0 Å². The van der Waals surface area contributed by atoms with E-state index in [0.717, 1.165) is 12.8 Å². The van der Waals surface area contributed by atoms with Crippen molar-refractivity contribution in [3.05, 3.63) is 129 Å². The van der Waals surface area contributed by atoms with Crippen LogP contribution in [0.25, 0.3) is 34.4 Å². The van der Waals surface area contributed by atoms with E-state index in [1.165, 1.54) is 60.4 Å². The Balaban J connectivity index is 0.00000225. The van der Waals surface area contributed by atoms with Gasteiger partial charge in [-0.3, -0.25) is 0 Å². The Morgan fingerprint density at radius 3 is 1.21 bits per heavy atom. The van der Waals surface area contributed by atoms with Gasteiger partial charge in [-0.05, 0) is 0 Å². The normalized spacial score (nSPS) is 18.6. The van der Waals surface area contributed by atoms with Crippen molar-refractivity contribution < 1.29 is 41.4 Å². The fourth-order valence-electron chi connectivity index (χ4n) is 9.03. The van der Waals surface area contributed by atoms with Gasteiger partial charge in [0.1, 0.15) is 0 Å². The van der Waals surface area contributed by atoms with E-state index in [1.807, 2.05) is 0 Å². The summed E-state index contributed by atoms with van der Waals surface area (Å²) in [4.78, 5) is 0. The molecule has 250 valence electrons. The fourth-order valence-corrected chi connectivity index (χ4v) is 19.1. The molecule has 2 aliphatic carbocycles. The average molecular weight is 712 g/mol. The van der Waals surface area contributed by atoms with E-state index in [0.29, 0.717) is 8.45 Å². The maximum atomic E-state index is 2.64. The van der Waals surface area contributed by atoms with E-state index < -0.39 is 16.6 Å². The SMILES string of the molecule is CCC1=Cc2c(-c3ccc(C(C)(C)C)cc3)cccc2[CH]1[Ti+2]1([CH]2C(CC)=Cc3c(-c4ccc(C(C)(C)C)cc4)cccc32)[CH2]C[CH2]1.[Cl-].[Cl-]. The van der Waals surface area contributed by atoms with E-state index in [4.69, 9.17) is 0 Å². The molecule has 2 atom stereocenters. The van der Waals surface area contributed by atoms with E-state index in [1.54, 1.807) is 22.3 Å². The number of rotatable bonds is 6. The third kappa shape index (κ3) is 6.15. The van der Waals surface area contributed by atoms with Crippen molar-refractivity contribution in [3.8, 4) is 22.3 Å². The minimum absolute atomic E-state index is 0. The molecule has 1 aliphatic heterocycles. The summed E-state index contributed by atoms with van der Waals surface area (Å²) in [5.74, 6) is 0. The molecule has 3 heteroatoms. The van der Waals surface area contributed by atoms with Crippen molar-refractivity contribution in [2.75, 3.05) is 0 Å². The fraction of sp³-hybridized carbons (Fsp3) is 0.378. The Hall–Kier alpha value is -2.35. The number of benzene rings is 4. The topological polar surface area (TPSA) is 0 Å². The van der Waals surface area contributed by atoms with Gasteiger partial charge in [0, 0.05) is 0 Å². The minimum Gasteiger partial charge on any atom is -1.00 e. The number of hydrogen-bond donors (Lipinski definition) is 0. The smallest absolute Gasteiger partial charge is 1.00 e. The van der Waals surface area contributed by atoms with Crippen molar-refractivity contribution in [1.82, 2.24) is 0 Å². The molecule has 0 spiro atoms. The summed E-state index contributed by atoms with van der Waals surface area (Å²) >= 11 is -2.51. The van der Waals surface area contributed by atoms with Gasteiger partial charge in [0.25, 0.3) is 0 Å². The third-order valence-electron chi connectivity index (χ3n) is 11.7. The molecule has 0 radical (unpaired) electrons. The third-order valence-corrected chi connectivity index (χ3v) is 21.4. The molecular weight excluding hydrogens is 659 g/mol. The van der Waals surface area contributed by atoms with E-state index in [-0.39, 0.29) is 35.6 Å². The van der Waals surface area contributed by atoms with Crippen molar-refractivity contribution in [1.29, 1.82) is 0 Å². The van der Waals surface area contributed by atoms with Crippen molar-refractivity contribution >= 4 is 12.2 Å². The van der Waals surface area contributed by atoms with Gasteiger partial charge in [-0.15, -0.1) is 0 Å². The Morgan fingerprint density at radius 2 is 0.917 bits per heavy atom. The summed E-state index contributed by atoms with van der Waals surface area (Å²) in [6.45, 7) is 18.7. The van der Waals surface area contributed by atoms with Crippen LogP contribution in [-0.2, 0) is 27.4 Å². The van der Waals surface area contributed by atoms with Crippen LogP contribution in [0.2, 0.25) is 9.45 Å². The molecule has 1 heterocycles. The number of allylic oxidation sites excluding steroid dienone is 2. The van der Waals surface area contributed by atoms with Gasteiger partial charge in [-0.25, -0.2) is 0 Å². The quantitative estimate of drug-likeness (QED) is 0.183. The molecule has 0 bridgehead atoms. The predicted molar refractivity (Wildman–Crippen MR) is 197 cm³/mol. The summed E-state index contributed by atoms with van der Waals surface area (Å²) in [5.41, 5.74) is 18.4. The molecule has 1 fully saturated rings. The summed E-state index contributed by atoms with van der Waals surface area (Å²) in [5, 5.41) is 0. The zero-order valence-corrected chi connectivity index (χ0v) is 33.3. The summed E-state index contributed by atoms with van der Waals surface area (Å²) in [6, 6.07) is 33.3. The molecule has 48 heavy (non-hydrogen) atoms. The maximum Gasteiger partial charge on any atom is -1.00 e. The van der Waals surface area contributed by atoms with Gasteiger partial charge in [0.2, 0.25) is 0 Å². The van der Waals surface area contributed by atoms with Gasteiger partial charge in [-0.2, -0.15) is 0 Å². The minimum atomic E-state index is -2.51. The van der Waals surface area contributed by atoms with Crippen LogP contribution < -0.4 is 24.8 Å². The van der Waals surface area contributed by atoms with Gasteiger partial charge >= 0.3 is 284 Å². The average Bonchev–Trinajstić information content (AvgIpc) is 3.59. The van der Waals surface area contributed by atoms with Crippen molar-refractivity contribution in [3.63, 3.8) is 0 Å². The maximum absolute atomic E-state index is 2.64.